The summed E-state index contributed by atoms with van der Waals surface area (Å²) in [6, 6.07) is 0.142. The fourth-order valence-corrected chi connectivity index (χ4v) is 1.53. The van der Waals surface area contributed by atoms with Gasteiger partial charge >= 0.3 is 18.3 Å². The molecular formula is C10H6ClF6NO2. The van der Waals surface area contributed by atoms with Crippen molar-refractivity contribution in [3.63, 3.8) is 0 Å². The monoisotopic (exact) mass is 321 g/mol. The molecule has 0 aliphatic rings. The van der Waals surface area contributed by atoms with Crippen molar-refractivity contribution in [2.45, 2.75) is 19.3 Å². The van der Waals surface area contributed by atoms with Crippen molar-refractivity contribution in [3.05, 3.63) is 28.0 Å². The van der Waals surface area contributed by atoms with Crippen molar-refractivity contribution in [3.8, 4) is 0 Å². The molecule has 1 rings (SSSR count). The molecule has 0 radical (unpaired) electrons. The number of pyridine rings is 1. The first-order chi connectivity index (χ1) is 8.98. The Morgan fingerprint density at radius 2 is 1.80 bits per heavy atom. The Balaban J connectivity index is 3.56. The predicted octanol–water partition coefficient (Wildman–Crippen LogP) is 3.95. The lowest BCUT2D eigenvalue weighted by atomic mass is 10.1. The highest BCUT2D eigenvalue weighted by Crippen LogP contribution is 2.38. The molecule has 0 aromatic carbocycles. The molecule has 0 bridgehead atoms. The molecule has 20 heavy (non-hydrogen) atoms. The van der Waals surface area contributed by atoms with Gasteiger partial charge in [-0.15, -0.1) is 0 Å². The van der Waals surface area contributed by atoms with Crippen molar-refractivity contribution < 1.29 is 35.9 Å². The summed E-state index contributed by atoms with van der Waals surface area (Å²) in [4.78, 5) is 13.8. The quantitative estimate of drug-likeness (QED) is 0.611. The molecule has 0 saturated heterocycles. The highest BCUT2D eigenvalue weighted by atomic mass is 35.5. The topological polar surface area (TPSA) is 39.2 Å². The van der Waals surface area contributed by atoms with Crippen molar-refractivity contribution in [1.82, 2.24) is 4.98 Å². The van der Waals surface area contributed by atoms with Gasteiger partial charge in [0.1, 0.15) is 11.3 Å². The van der Waals surface area contributed by atoms with Gasteiger partial charge in [0.05, 0.1) is 11.6 Å². The van der Waals surface area contributed by atoms with Gasteiger partial charge < -0.3 is 4.74 Å². The van der Waals surface area contributed by atoms with Crippen molar-refractivity contribution >= 4 is 17.6 Å². The maximum atomic E-state index is 12.7. The number of carbonyl (C=O) groups excluding carboxylic acids is 1. The molecule has 0 aliphatic heterocycles. The number of ether oxygens (including phenoxy) is 1. The van der Waals surface area contributed by atoms with Crippen LogP contribution in [0.15, 0.2) is 6.07 Å². The maximum absolute atomic E-state index is 12.7. The molecule has 0 aliphatic carbocycles. The zero-order valence-electron chi connectivity index (χ0n) is 9.69. The molecule has 3 nitrogen and oxygen atoms in total. The number of aromatic nitrogens is 1. The summed E-state index contributed by atoms with van der Waals surface area (Å²) >= 11 is 5.34. The number of esters is 1. The zero-order valence-corrected chi connectivity index (χ0v) is 10.4. The van der Waals surface area contributed by atoms with E-state index >= 15 is 0 Å². The SMILES string of the molecule is CCOC(=O)c1c(Cl)cc(C(F)(F)F)nc1C(F)(F)F. The van der Waals surface area contributed by atoms with Gasteiger partial charge in [0.15, 0.2) is 5.69 Å². The summed E-state index contributed by atoms with van der Waals surface area (Å²) < 4.78 is 79.7. The van der Waals surface area contributed by atoms with Crippen LogP contribution < -0.4 is 0 Å². The average molecular weight is 322 g/mol. The molecule has 1 aromatic rings. The van der Waals surface area contributed by atoms with Gasteiger partial charge in [-0.2, -0.15) is 26.3 Å². The number of halogens is 7. The second-order valence-corrected chi connectivity index (χ2v) is 3.84. The third-order valence-electron chi connectivity index (χ3n) is 2.01. The molecule has 0 saturated carbocycles. The normalized spacial score (nSPS) is 12.4. The minimum absolute atomic E-state index is 0.142. The van der Waals surface area contributed by atoms with Crippen molar-refractivity contribution in [2.75, 3.05) is 6.61 Å². The Bertz CT molecular complexity index is 526. The molecule has 0 fully saturated rings. The fourth-order valence-electron chi connectivity index (χ4n) is 1.26. The van der Waals surface area contributed by atoms with E-state index in [1.165, 1.54) is 6.92 Å². The van der Waals surface area contributed by atoms with E-state index in [1.807, 2.05) is 0 Å². The summed E-state index contributed by atoms with van der Waals surface area (Å²) in [7, 11) is 0. The molecular weight excluding hydrogens is 316 g/mol. The Morgan fingerprint density at radius 3 is 2.20 bits per heavy atom. The van der Waals surface area contributed by atoms with E-state index in [4.69, 9.17) is 11.6 Å². The van der Waals surface area contributed by atoms with Gasteiger partial charge in [-0.1, -0.05) is 11.6 Å². The molecule has 0 unspecified atom stereocenters. The van der Waals surface area contributed by atoms with E-state index in [2.05, 4.69) is 9.72 Å². The van der Waals surface area contributed by atoms with Crippen LogP contribution in [0, 0.1) is 0 Å². The summed E-state index contributed by atoms with van der Waals surface area (Å²) in [5.74, 6) is -1.49. The first kappa shape index (κ1) is 16.5. The van der Waals surface area contributed by atoms with Gasteiger partial charge in [0, 0.05) is 0 Å². The van der Waals surface area contributed by atoms with Crippen molar-refractivity contribution in [2.24, 2.45) is 0 Å². The van der Waals surface area contributed by atoms with E-state index in [9.17, 15) is 31.1 Å². The van der Waals surface area contributed by atoms with E-state index < -0.39 is 40.3 Å². The van der Waals surface area contributed by atoms with Crippen LogP contribution in [-0.4, -0.2) is 17.6 Å². The van der Waals surface area contributed by atoms with Gasteiger partial charge in [0.2, 0.25) is 0 Å². The van der Waals surface area contributed by atoms with Crippen LogP contribution in [0.4, 0.5) is 26.3 Å². The van der Waals surface area contributed by atoms with E-state index in [-0.39, 0.29) is 12.7 Å². The van der Waals surface area contributed by atoms with Gasteiger partial charge in [0.25, 0.3) is 0 Å². The summed E-state index contributed by atoms with van der Waals surface area (Å²) in [6.07, 6.45) is -10.4. The third-order valence-corrected chi connectivity index (χ3v) is 2.31. The second-order valence-electron chi connectivity index (χ2n) is 3.43. The lowest BCUT2D eigenvalue weighted by Gasteiger charge is -2.15. The number of carbonyl (C=O) groups is 1. The van der Waals surface area contributed by atoms with Crippen LogP contribution in [0.25, 0.3) is 0 Å². The standard InChI is InChI=1S/C10H6ClF6NO2/c1-2-20-8(19)6-4(11)3-5(9(12,13)14)18-7(6)10(15,16)17/h3H,2H2,1H3. The highest BCUT2D eigenvalue weighted by Gasteiger charge is 2.43. The number of hydrogen-bond acceptors (Lipinski definition) is 3. The first-order valence-electron chi connectivity index (χ1n) is 5.00. The Morgan fingerprint density at radius 1 is 1.25 bits per heavy atom. The van der Waals surface area contributed by atoms with E-state index in [0.717, 1.165) is 0 Å². The predicted molar refractivity (Wildman–Crippen MR) is 55.2 cm³/mol. The maximum Gasteiger partial charge on any atom is 0.434 e. The average Bonchev–Trinajstić information content (AvgIpc) is 2.25. The van der Waals surface area contributed by atoms with Gasteiger partial charge in [-0.05, 0) is 13.0 Å². The lowest BCUT2D eigenvalue weighted by molar-refractivity contribution is -0.150. The minimum Gasteiger partial charge on any atom is -0.462 e. The highest BCUT2D eigenvalue weighted by molar-refractivity contribution is 6.33. The van der Waals surface area contributed by atoms with Crippen molar-refractivity contribution in [1.29, 1.82) is 0 Å². The zero-order chi connectivity index (χ0) is 15.7. The summed E-state index contributed by atoms with van der Waals surface area (Å²) in [6.45, 7) is 1.05. The Kier molecular flexibility index (Phi) is 4.52. The van der Waals surface area contributed by atoms with E-state index in [0.29, 0.717) is 0 Å². The minimum atomic E-state index is -5.28. The number of rotatable bonds is 2. The lowest BCUT2D eigenvalue weighted by Crippen LogP contribution is -2.21. The van der Waals surface area contributed by atoms with Crippen LogP contribution in [0.1, 0.15) is 28.7 Å². The van der Waals surface area contributed by atoms with E-state index in [1.54, 1.807) is 0 Å². The molecule has 112 valence electrons. The van der Waals surface area contributed by atoms with Gasteiger partial charge in [-0.3, -0.25) is 0 Å². The molecule has 0 atom stereocenters. The molecule has 1 heterocycles. The van der Waals surface area contributed by atoms with Crippen LogP contribution >= 0.6 is 11.6 Å². The number of alkyl halides is 6. The Hall–Kier alpha value is -1.51. The smallest absolute Gasteiger partial charge is 0.434 e. The summed E-state index contributed by atoms with van der Waals surface area (Å²) in [5, 5.41) is -1.03. The molecule has 0 spiro atoms. The first-order valence-corrected chi connectivity index (χ1v) is 5.38. The van der Waals surface area contributed by atoms with Crippen LogP contribution in [0.2, 0.25) is 5.02 Å². The third kappa shape index (κ3) is 3.53. The van der Waals surface area contributed by atoms with Crippen LogP contribution in [-0.2, 0) is 17.1 Å². The number of nitrogens with zero attached hydrogens (tertiary/aromatic N) is 1. The fraction of sp³-hybridized carbons (Fsp3) is 0.400. The Labute approximate surface area is 113 Å². The largest absolute Gasteiger partial charge is 0.462 e. The number of hydrogen-bond donors (Lipinski definition) is 0. The molecule has 10 heteroatoms. The van der Waals surface area contributed by atoms with Crippen LogP contribution in [0.5, 0.6) is 0 Å². The van der Waals surface area contributed by atoms with Crippen LogP contribution in [0.3, 0.4) is 0 Å². The second kappa shape index (κ2) is 5.47. The molecule has 1 aromatic heterocycles. The molecule has 0 N–H and O–H groups in total. The van der Waals surface area contributed by atoms with Gasteiger partial charge in [-0.25, -0.2) is 9.78 Å². The summed E-state index contributed by atoms with van der Waals surface area (Å²) in [5.41, 5.74) is -5.12. The molecule has 0 amide bonds.